The van der Waals surface area contributed by atoms with Crippen molar-refractivity contribution in [3.05, 3.63) is 0 Å². The van der Waals surface area contributed by atoms with Gasteiger partial charge in [-0.25, -0.2) is 4.79 Å². The predicted octanol–water partition coefficient (Wildman–Crippen LogP) is -0.199. The van der Waals surface area contributed by atoms with Gasteiger partial charge in [0.2, 0.25) is 0 Å². The van der Waals surface area contributed by atoms with Gasteiger partial charge in [-0.15, -0.1) is 0 Å². The summed E-state index contributed by atoms with van der Waals surface area (Å²) >= 11 is 0. The van der Waals surface area contributed by atoms with Crippen LogP contribution >= 0.6 is 0 Å². The molecule has 1 N–H and O–H groups in total. The van der Waals surface area contributed by atoms with Crippen molar-refractivity contribution in [1.29, 1.82) is 0 Å². The molecule has 0 aromatic rings. The molecular weight excluding hydrogens is 186 g/mol. The Morgan fingerprint density at radius 3 is 2.36 bits per heavy atom. The van der Waals surface area contributed by atoms with E-state index in [0.29, 0.717) is 13.2 Å². The molecule has 0 saturated carbocycles. The number of hydrogen-bond acceptors (Lipinski definition) is 5. The number of carbonyl (C=O) groups excluding carboxylic acids is 1. The van der Waals surface area contributed by atoms with E-state index in [2.05, 4.69) is 10.1 Å². The topological polar surface area (TPSA) is 56.8 Å². The van der Waals surface area contributed by atoms with Crippen LogP contribution in [-0.4, -0.2) is 52.6 Å². The van der Waals surface area contributed by atoms with Crippen LogP contribution in [0.25, 0.3) is 0 Å². The molecule has 0 heterocycles. The number of nitrogens with one attached hydrogen (secondary N) is 1. The highest BCUT2D eigenvalue weighted by atomic mass is 16.5. The Labute approximate surface area is 84.7 Å². The Hall–Kier alpha value is -0.650. The van der Waals surface area contributed by atoms with E-state index < -0.39 is 5.54 Å². The molecule has 84 valence electrons. The zero-order chi connectivity index (χ0) is 11.0. The predicted molar refractivity (Wildman–Crippen MR) is 52.2 cm³/mol. The van der Waals surface area contributed by atoms with Crippen molar-refractivity contribution < 1.29 is 19.0 Å². The Bertz CT molecular complexity index is 174. The molecule has 0 saturated heterocycles. The van der Waals surface area contributed by atoms with Gasteiger partial charge in [0.15, 0.2) is 0 Å². The number of rotatable bonds is 7. The van der Waals surface area contributed by atoms with Crippen LogP contribution in [0.4, 0.5) is 0 Å². The molecule has 5 nitrogen and oxygen atoms in total. The molecule has 1 atom stereocenters. The van der Waals surface area contributed by atoms with Crippen molar-refractivity contribution in [2.75, 3.05) is 41.1 Å². The van der Waals surface area contributed by atoms with Gasteiger partial charge in [0.1, 0.15) is 5.54 Å². The van der Waals surface area contributed by atoms with E-state index in [1.165, 1.54) is 7.11 Å². The first-order valence-corrected chi connectivity index (χ1v) is 4.42. The smallest absolute Gasteiger partial charge is 0.328 e. The maximum absolute atomic E-state index is 11.4. The van der Waals surface area contributed by atoms with Gasteiger partial charge >= 0.3 is 5.97 Å². The maximum atomic E-state index is 11.4. The summed E-state index contributed by atoms with van der Waals surface area (Å²) in [4.78, 5) is 11.4. The van der Waals surface area contributed by atoms with Crippen LogP contribution in [-0.2, 0) is 19.0 Å². The largest absolute Gasteiger partial charge is 0.468 e. The third-order valence-corrected chi connectivity index (χ3v) is 1.89. The Morgan fingerprint density at radius 1 is 1.29 bits per heavy atom. The van der Waals surface area contributed by atoms with Crippen molar-refractivity contribution in [2.45, 2.75) is 12.5 Å². The summed E-state index contributed by atoms with van der Waals surface area (Å²) in [6.45, 7) is 3.11. The van der Waals surface area contributed by atoms with E-state index in [4.69, 9.17) is 9.47 Å². The summed E-state index contributed by atoms with van der Waals surface area (Å²) in [6.07, 6.45) is 0. The third-order valence-electron chi connectivity index (χ3n) is 1.89. The Balaban J connectivity index is 4.16. The summed E-state index contributed by atoms with van der Waals surface area (Å²) in [7, 11) is 4.50. The molecule has 1 unspecified atom stereocenters. The molecule has 0 rings (SSSR count). The van der Waals surface area contributed by atoms with Gasteiger partial charge in [-0.1, -0.05) is 0 Å². The quantitative estimate of drug-likeness (QED) is 0.461. The zero-order valence-electron chi connectivity index (χ0n) is 9.25. The van der Waals surface area contributed by atoms with Gasteiger partial charge in [-0.3, -0.25) is 5.32 Å². The minimum Gasteiger partial charge on any atom is -0.468 e. The van der Waals surface area contributed by atoms with Crippen LogP contribution in [0.2, 0.25) is 0 Å². The molecule has 0 aromatic carbocycles. The number of methoxy groups -OCH3 is 3. The minimum absolute atomic E-state index is 0.267. The average molecular weight is 205 g/mol. The zero-order valence-corrected chi connectivity index (χ0v) is 9.25. The average Bonchev–Trinajstić information content (AvgIpc) is 2.17. The fourth-order valence-electron chi connectivity index (χ4n) is 1.13. The molecule has 0 spiro atoms. The van der Waals surface area contributed by atoms with Crippen LogP contribution in [0.1, 0.15) is 6.92 Å². The second-order valence-corrected chi connectivity index (χ2v) is 3.18. The lowest BCUT2D eigenvalue weighted by Crippen LogP contribution is -2.54. The summed E-state index contributed by atoms with van der Waals surface area (Å²) < 4.78 is 14.5. The molecule has 0 radical (unpaired) electrons. The van der Waals surface area contributed by atoms with Crippen LogP contribution in [0, 0.1) is 0 Å². The Morgan fingerprint density at radius 2 is 1.93 bits per heavy atom. The lowest BCUT2D eigenvalue weighted by Gasteiger charge is -2.26. The third kappa shape index (κ3) is 4.04. The molecule has 0 aliphatic rings. The minimum atomic E-state index is -0.804. The first kappa shape index (κ1) is 13.4. The second-order valence-electron chi connectivity index (χ2n) is 3.18. The normalized spacial score (nSPS) is 14.9. The van der Waals surface area contributed by atoms with E-state index in [1.807, 2.05) is 0 Å². The van der Waals surface area contributed by atoms with Gasteiger partial charge < -0.3 is 14.2 Å². The highest BCUT2D eigenvalue weighted by Gasteiger charge is 2.33. The van der Waals surface area contributed by atoms with Crippen LogP contribution < -0.4 is 5.32 Å². The summed E-state index contributed by atoms with van der Waals surface area (Å²) in [6, 6.07) is 0. The van der Waals surface area contributed by atoms with Crippen molar-refractivity contribution in [2.24, 2.45) is 0 Å². The summed E-state index contributed by atoms with van der Waals surface area (Å²) in [5.74, 6) is -0.338. The molecule has 0 aliphatic carbocycles. The van der Waals surface area contributed by atoms with Crippen molar-refractivity contribution in [3.63, 3.8) is 0 Å². The van der Waals surface area contributed by atoms with Gasteiger partial charge in [0.25, 0.3) is 0 Å². The van der Waals surface area contributed by atoms with Gasteiger partial charge in [0.05, 0.1) is 20.3 Å². The van der Waals surface area contributed by atoms with Gasteiger partial charge in [0, 0.05) is 20.8 Å². The van der Waals surface area contributed by atoms with Crippen molar-refractivity contribution in [3.8, 4) is 0 Å². The molecule has 0 bridgehead atoms. The van der Waals surface area contributed by atoms with Crippen LogP contribution in [0.5, 0.6) is 0 Å². The van der Waals surface area contributed by atoms with Crippen molar-refractivity contribution >= 4 is 5.97 Å². The standard InChI is InChI=1S/C9H19NO4/c1-9(7-13-3,8(11)14-4)10-5-6-12-2/h10H,5-7H2,1-4H3. The fraction of sp³-hybridized carbons (Fsp3) is 0.889. The first-order chi connectivity index (χ1) is 6.60. The molecule has 14 heavy (non-hydrogen) atoms. The van der Waals surface area contributed by atoms with E-state index in [9.17, 15) is 4.79 Å². The molecular formula is C9H19NO4. The lowest BCUT2D eigenvalue weighted by molar-refractivity contribution is -0.150. The Kier molecular flexibility index (Phi) is 6.44. The summed E-state index contributed by atoms with van der Waals surface area (Å²) in [5, 5.41) is 3.02. The SMILES string of the molecule is COCCNC(C)(COC)C(=O)OC. The molecule has 0 aliphatic heterocycles. The van der Waals surface area contributed by atoms with E-state index in [1.54, 1.807) is 21.1 Å². The number of carbonyl (C=O) groups is 1. The van der Waals surface area contributed by atoms with Gasteiger partial charge in [-0.05, 0) is 6.92 Å². The van der Waals surface area contributed by atoms with Crippen LogP contribution in [0.3, 0.4) is 0 Å². The van der Waals surface area contributed by atoms with E-state index in [0.717, 1.165) is 0 Å². The number of hydrogen-bond donors (Lipinski definition) is 1. The monoisotopic (exact) mass is 205 g/mol. The lowest BCUT2D eigenvalue weighted by atomic mass is 10.0. The number of esters is 1. The van der Waals surface area contributed by atoms with E-state index in [-0.39, 0.29) is 12.6 Å². The first-order valence-electron chi connectivity index (χ1n) is 4.42. The van der Waals surface area contributed by atoms with Gasteiger partial charge in [-0.2, -0.15) is 0 Å². The maximum Gasteiger partial charge on any atom is 0.328 e. The fourth-order valence-corrected chi connectivity index (χ4v) is 1.13. The molecule has 5 heteroatoms. The molecule has 0 aromatic heterocycles. The molecule has 0 fully saturated rings. The van der Waals surface area contributed by atoms with E-state index >= 15 is 0 Å². The molecule has 0 amide bonds. The second kappa shape index (κ2) is 6.75. The van der Waals surface area contributed by atoms with Crippen LogP contribution in [0.15, 0.2) is 0 Å². The number of ether oxygens (including phenoxy) is 3. The highest BCUT2D eigenvalue weighted by molar-refractivity contribution is 5.80. The summed E-state index contributed by atoms with van der Waals surface area (Å²) in [5.41, 5.74) is -0.804. The highest BCUT2D eigenvalue weighted by Crippen LogP contribution is 2.06. The van der Waals surface area contributed by atoms with Crippen molar-refractivity contribution in [1.82, 2.24) is 5.32 Å².